The summed E-state index contributed by atoms with van der Waals surface area (Å²) in [6.07, 6.45) is 1.45. The minimum atomic E-state index is 0.205. The molecule has 0 radical (unpaired) electrons. The number of rotatable bonds is 2. The Bertz CT molecular complexity index is 165. The number of aliphatic hydroxyl groups excluding tert-OH is 1. The van der Waals surface area contributed by atoms with Gasteiger partial charge < -0.3 is 5.11 Å². The van der Waals surface area contributed by atoms with E-state index in [4.69, 9.17) is 5.11 Å². The highest BCUT2D eigenvalue weighted by Gasteiger charge is 1.74. The van der Waals surface area contributed by atoms with E-state index in [-0.39, 0.29) is 6.61 Å². The quantitative estimate of drug-likeness (QED) is 0.507. The van der Waals surface area contributed by atoms with Crippen molar-refractivity contribution in [1.29, 1.82) is 0 Å². The zero-order valence-electron chi connectivity index (χ0n) is 4.95. The van der Waals surface area contributed by atoms with E-state index in [9.17, 15) is 0 Å². The van der Waals surface area contributed by atoms with E-state index in [1.54, 1.807) is 0 Å². The molecule has 0 unspecified atom stereocenters. The summed E-state index contributed by atoms with van der Waals surface area (Å²) in [7, 11) is 0. The van der Waals surface area contributed by atoms with E-state index in [1.165, 1.54) is 0 Å². The van der Waals surface area contributed by atoms with Crippen molar-refractivity contribution in [2.45, 2.75) is 12.8 Å². The van der Waals surface area contributed by atoms with Gasteiger partial charge in [0.05, 0.1) is 0 Å². The summed E-state index contributed by atoms with van der Waals surface area (Å²) in [5.41, 5.74) is 0. The number of halogens is 1. The van der Waals surface area contributed by atoms with Crippen LogP contribution in [-0.4, -0.2) is 11.7 Å². The minimum absolute atomic E-state index is 0.205. The first-order valence-corrected chi connectivity index (χ1v) is 3.40. The molecule has 0 bridgehead atoms. The lowest BCUT2D eigenvalue weighted by Gasteiger charge is -1.80. The molecule has 0 aliphatic carbocycles. The predicted molar refractivity (Wildman–Crippen MR) is 40.8 cm³/mol. The molecule has 1 N–H and O–H groups in total. The van der Waals surface area contributed by atoms with Crippen molar-refractivity contribution in [1.82, 2.24) is 0 Å². The Labute approximate surface area is 63.6 Å². The van der Waals surface area contributed by atoms with Gasteiger partial charge in [0, 0.05) is 29.0 Å². The minimum Gasteiger partial charge on any atom is -0.396 e. The van der Waals surface area contributed by atoms with Gasteiger partial charge in [-0.3, -0.25) is 0 Å². The highest BCUT2D eigenvalue weighted by Crippen LogP contribution is 1.81. The third kappa shape index (κ3) is 7.56. The molecule has 0 spiro atoms. The second-order valence-electron chi connectivity index (χ2n) is 1.35. The maximum atomic E-state index is 8.31. The number of hydrogen-bond donors (Lipinski definition) is 1. The van der Waals surface area contributed by atoms with Crippen LogP contribution in [0.1, 0.15) is 12.8 Å². The van der Waals surface area contributed by atoms with Crippen LogP contribution in [0.15, 0.2) is 0 Å². The Hall–Kier alpha value is -0.440. The van der Waals surface area contributed by atoms with Crippen molar-refractivity contribution in [2.24, 2.45) is 0 Å². The van der Waals surface area contributed by atoms with Gasteiger partial charge in [-0.2, -0.15) is 0 Å². The third-order valence-electron chi connectivity index (χ3n) is 0.658. The maximum Gasteiger partial charge on any atom is 0.0440 e. The van der Waals surface area contributed by atoms with Crippen LogP contribution in [0, 0.1) is 22.6 Å². The summed E-state index contributed by atoms with van der Waals surface area (Å²) in [6.45, 7) is 0.205. The molecule has 0 amide bonds. The first-order chi connectivity index (χ1) is 4.41. The fraction of sp³-hybridized carbons (Fsp3) is 0.429. The van der Waals surface area contributed by atoms with Crippen LogP contribution in [0.4, 0.5) is 0 Å². The first kappa shape index (κ1) is 8.56. The molecule has 0 saturated heterocycles. The summed E-state index contributed by atoms with van der Waals surface area (Å²) in [6, 6.07) is 0. The molecule has 0 aromatic carbocycles. The second kappa shape index (κ2) is 7.56. The Morgan fingerprint density at radius 3 is 2.67 bits per heavy atom. The third-order valence-corrected chi connectivity index (χ3v) is 0.856. The molecule has 0 aromatic heterocycles. The first-order valence-electron chi connectivity index (χ1n) is 2.61. The standard InChI is InChI=1S/C7H7BrO/c8-6-4-2-1-3-5-7-9/h9H,3,5,7H2. The van der Waals surface area contributed by atoms with E-state index in [2.05, 4.69) is 38.5 Å². The Morgan fingerprint density at radius 2 is 2.11 bits per heavy atom. The Morgan fingerprint density at radius 1 is 1.33 bits per heavy atom. The molecule has 1 nitrogen and oxygen atoms in total. The molecule has 0 aliphatic rings. The molecule has 0 aliphatic heterocycles. The summed E-state index contributed by atoms with van der Waals surface area (Å²) in [5, 5.41) is 8.31. The normalized spacial score (nSPS) is 6.44. The summed E-state index contributed by atoms with van der Waals surface area (Å²) in [5.74, 6) is 7.91. The molecular weight excluding hydrogens is 180 g/mol. The van der Waals surface area contributed by atoms with Gasteiger partial charge in [0.1, 0.15) is 0 Å². The average molecular weight is 187 g/mol. The van der Waals surface area contributed by atoms with Gasteiger partial charge in [-0.25, -0.2) is 0 Å². The van der Waals surface area contributed by atoms with Crippen molar-refractivity contribution >= 4 is 15.9 Å². The van der Waals surface area contributed by atoms with Crippen LogP contribution in [0.25, 0.3) is 0 Å². The number of hydrogen-bond acceptors (Lipinski definition) is 1. The fourth-order valence-electron chi connectivity index (χ4n) is 0.298. The highest BCUT2D eigenvalue weighted by molar-refractivity contribution is 9.12. The maximum absolute atomic E-state index is 8.31. The van der Waals surface area contributed by atoms with Crippen molar-refractivity contribution in [3.05, 3.63) is 0 Å². The SMILES string of the molecule is OCCCC#CC#CBr. The molecule has 0 aromatic rings. The van der Waals surface area contributed by atoms with E-state index >= 15 is 0 Å². The van der Waals surface area contributed by atoms with Crippen molar-refractivity contribution < 1.29 is 5.11 Å². The molecular formula is C7H7BrO. The number of unbranched alkanes of at least 4 members (excludes halogenated alkanes) is 1. The van der Waals surface area contributed by atoms with Gasteiger partial charge >= 0.3 is 0 Å². The monoisotopic (exact) mass is 186 g/mol. The summed E-state index contributed by atoms with van der Waals surface area (Å²) in [4.78, 5) is 2.47. The van der Waals surface area contributed by atoms with Gasteiger partial charge in [-0.05, 0) is 23.1 Å². The van der Waals surface area contributed by atoms with E-state index < -0.39 is 0 Å². The Balaban J connectivity index is 3.23. The zero-order valence-corrected chi connectivity index (χ0v) is 6.53. The fourth-order valence-corrected chi connectivity index (χ4v) is 0.397. The van der Waals surface area contributed by atoms with E-state index in [1.807, 2.05) is 0 Å². The molecule has 0 saturated carbocycles. The second-order valence-corrected chi connectivity index (χ2v) is 1.74. The molecule has 9 heavy (non-hydrogen) atoms. The van der Waals surface area contributed by atoms with Crippen LogP contribution in [-0.2, 0) is 0 Å². The zero-order chi connectivity index (χ0) is 6.95. The van der Waals surface area contributed by atoms with Crippen LogP contribution in [0.3, 0.4) is 0 Å². The van der Waals surface area contributed by atoms with E-state index in [0.29, 0.717) is 0 Å². The molecule has 0 rings (SSSR count). The van der Waals surface area contributed by atoms with Crippen molar-refractivity contribution in [2.75, 3.05) is 6.61 Å². The van der Waals surface area contributed by atoms with Crippen molar-refractivity contribution in [3.63, 3.8) is 0 Å². The molecule has 0 atom stereocenters. The van der Waals surface area contributed by atoms with Crippen LogP contribution < -0.4 is 0 Å². The average Bonchev–Trinajstić information content (AvgIpc) is 1.89. The molecule has 48 valence electrons. The number of aliphatic hydroxyl groups is 1. The van der Waals surface area contributed by atoms with Crippen LogP contribution in [0.5, 0.6) is 0 Å². The Kier molecular flexibility index (Phi) is 7.19. The van der Waals surface area contributed by atoms with E-state index in [0.717, 1.165) is 12.8 Å². The van der Waals surface area contributed by atoms with Gasteiger partial charge in [0.25, 0.3) is 0 Å². The largest absolute Gasteiger partial charge is 0.396 e. The van der Waals surface area contributed by atoms with Gasteiger partial charge in [0.2, 0.25) is 0 Å². The van der Waals surface area contributed by atoms with Gasteiger partial charge in [0.15, 0.2) is 0 Å². The smallest absolute Gasteiger partial charge is 0.0440 e. The lowest BCUT2D eigenvalue weighted by atomic mass is 10.3. The predicted octanol–water partition coefficient (Wildman–Crippen LogP) is 1.12. The van der Waals surface area contributed by atoms with Crippen LogP contribution >= 0.6 is 15.9 Å². The lowest BCUT2D eigenvalue weighted by molar-refractivity contribution is 0.290. The van der Waals surface area contributed by atoms with Gasteiger partial charge in [-0.1, -0.05) is 5.92 Å². The molecule has 2 heteroatoms. The summed E-state index contributed by atoms with van der Waals surface area (Å²) < 4.78 is 0. The topological polar surface area (TPSA) is 20.2 Å². The molecule has 0 fully saturated rings. The highest BCUT2D eigenvalue weighted by atomic mass is 79.9. The lowest BCUT2D eigenvalue weighted by Crippen LogP contribution is -1.77. The van der Waals surface area contributed by atoms with Crippen LogP contribution in [0.2, 0.25) is 0 Å². The van der Waals surface area contributed by atoms with Crippen molar-refractivity contribution in [3.8, 4) is 22.6 Å². The molecule has 0 heterocycles. The summed E-state index contributed by atoms with van der Waals surface area (Å²) >= 11 is 2.91. The van der Waals surface area contributed by atoms with Gasteiger partial charge in [-0.15, -0.1) is 0 Å².